The van der Waals surface area contributed by atoms with Crippen LogP contribution in [0.3, 0.4) is 0 Å². The summed E-state index contributed by atoms with van der Waals surface area (Å²) in [5.74, 6) is 0.223. The summed E-state index contributed by atoms with van der Waals surface area (Å²) in [6.45, 7) is 1.62. The van der Waals surface area contributed by atoms with Gasteiger partial charge >= 0.3 is 0 Å². The van der Waals surface area contributed by atoms with Gasteiger partial charge < -0.3 is 5.32 Å². The Balaban J connectivity index is 1.52. The molecular formula is C16H24N2OS. The Morgan fingerprint density at radius 3 is 2.85 bits per heavy atom. The molecule has 20 heavy (non-hydrogen) atoms. The van der Waals surface area contributed by atoms with E-state index in [0.717, 1.165) is 6.54 Å². The maximum Gasteiger partial charge on any atom is 0.234 e. The van der Waals surface area contributed by atoms with Gasteiger partial charge in [-0.15, -0.1) is 11.3 Å². The topological polar surface area (TPSA) is 32.3 Å². The minimum atomic E-state index is 0.223. The van der Waals surface area contributed by atoms with Crippen molar-refractivity contribution in [2.45, 2.75) is 57.0 Å². The summed E-state index contributed by atoms with van der Waals surface area (Å²) in [5, 5.41) is 5.37. The summed E-state index contributed by atoms with van der Waals surface area (Å²) in [6.07, 6.45) is 8.61. The molecule has 2 heterocycles. The van der Waals surface area contributed by atoms with Gasteiger partial charge in [0.1, 0.15) is 0 Å². The van der Waals surface area contributed by atoms with Crippen molar-refractivity contribution in [3.63, 3.8) is 0 Å². The second kappa shape index (κ2) is 6.72. The second-order valence-corrected chi connectivity index (χ2v) is 7.03. The molecule has 0 bridgehead atoms. The van der Waals surface area contributed by atoms with Crippen molar-refractivity contribution in [2.24, 2.45) is 0 Å². The molecule has 2 aliphatic rings. The molecule has 0 spiro atoms. The fourth-order valence-electron chi connectivity index (χ4n) is 3.52. The Labute approximate surface area is 125 Å². The van der Waals surface area contributed by atoms with E-state index in [9.17, 15) is 4.79 Å². The molecule has 1 aromatic rings. The first-order chi connectivity index (χ1) is 9.83. The van der Waals surface area contributed by atoms with Crippen molar-refractivity contribution in [1.29, 1.82) is 0 Å². The summed E-state index contributed by atoms with van der Waals surface area (Å²) in [7, 11) is 0. The lowest BCUT2D eigenvalue weighted by Crippen LogP contribution is -2.42. The number of hydrogen-bond donors (Lipinski definition) is 1. The minimum Gasteiger partial charge on any atom is -0.352 e. The maximum atomic E-state index is 12.2. The van der Waals surface area contributed by atoms with Gasteiger partial charge in [0.05, 0.1) is 6.54 Å². The van der Waals surface area contributed by atoms with Crippen LogP contribution < -0.4 is 5.32 Å². The fourth-order valence-corrected chi connectivity index (χ4v) is 4.42. The summed E-state index contributed by atoms with van der Waals surface area (Å²) >= 11 is 1.81. The van der Waals surface area contributed by atoms with E-state index in [-0.39, 0.29) is 5.91 Å². The third-order valence-electron chi connectivity index (χ3n) is 4.55. The van der Waals surface area contributed by atoms with Gasteiger partial charge in [0.2, 0.25) is 5.91 Å². The molecule has 1 N–H and O–H groups in total. The first-order valence-electron chi connectivity index (χ1n) is 7.90. The Hall–Kier alpha value is -0.870. The Morgan fingerprint density at radius 1 is 1.25 bits per heavy atom. The SMILES string of the molecule is O=C(CN1CCC[C@H]1c1cccs1)NC1CCCCC1. The van der Waals surface area contributed by atoms with Gasteiger partial charge in [-0.3, -0.25) is 9.69 Å². The largest absolute Gasteiger partial charge is 0.352 e. The summed E-state index contributed by atoms with van der Waals surface area (Å²) in [5.41, 5.74) is 0. The van der Waals surface area contributed by atoms with E-state index >= 15 is 0 Å². The highest BCUT2D eigenvalue weighted by molar-refractivity contribution is 7.10. The molecule has 1 aliphatic carbocycles. The van der Waals surface area contributed by atoms with Crippen LogP contribution in [0.25, 0.3) is 0 Å². The molecule has 110 valence electrons. The number of nitrogens with one attached hydrogen (secondary N) is 1. The van der Waals surface area contributed by atoms with Gasteiger partial charge in [0.15, 0.2) is 0 Å². The zero-order chi connectivity index (χ0) is 13.8. The predicted octanol–water partition coefficient (Wildman–Crippen LogP) is 3.33. The smallest absolute Gasteiger partial charge is 0.234 e. The number of likely N-dealkylation sites (tertiary alicyclic amines) is 1. The number of amides is 1. The van der Waals surface area contributed by atoms with Crippen LogP contribution in [0.4, 0.5) is 0 Å². The van der Waals surface area contributed by atoms with E-state index in [1.165, 1.54) is 49.8 Å². The highest BCUT2D eigenvalue weighted by Crippen LogP contribution is 2.34. The lowest BCUT2D eigenvalue weighted by atomic mass is 9.95. The number of carbonyl (C=O) groups excluding carboxylic acids is 1. The molecule has 1 saturated heterocycles. The number of nitrogens with zero attached hydrogens (tertiary/aromatic N) is 1. The molecule has 2 fully saturated rings. The molecule has 1 saturated carbocycles. The molecule has 0 aromatic carbocycles. The molecule has 0 radical (unpaired) electrons. The van der Waals surface area contributed by atoms with Gasteiger partial charge in [0, 0.05) is 17.0 Å². The van der Waals surface area contributed by atoms with E-state index < -0.39 is 0 Å². The van der Waals surface area contributed by atoms with Crippen molar-refractivity contribution in [1.82, 2.24) is 10.2 Å². The van der Waals surface area contributed by atoms with Crippen molar-refractivity contribution in [2.75, 3.05) is 13.1 Å². The van der Waals surface area contributed by atoms with Crippen molar-refractivity contribution >= 4 is 17.2 Å². The van der Waals surface area contributed by atoms with Crippen LogP contribution in [0.1, 0.15) is 55.9 Å². The highest BCUT2D eigenvalue weighted by atomic mass is 32.1. The van der Waals surface area contributed by atoms with Crippen LogP contribution in [0.15, 0.2) is 17.5 Å². The van der Waals surface area contributed by atoms with Gasteiger partial charge in [0.25, 0.3) is 0 Å². The van der Waals surface area contributed by atoms with Crippen molar-refractivity contribution in [3.8, 4) is 0 Å². The summed E-state index contributed by atoms with van der Waals surface area (Å²) in [6, 6.07) is 5.21. The average Bonchev–Trinajstić information content (AvgIpc) is 3.10. The number of hydrogen-bond acceptors (Lipinski definition) is 3. The zero-order valence-corrected chi connectivity index (χ0v) is 12.8. The fraction of sp³-hybridized carbons (Fsp3) is 0.688. The normalized spacial score (nSPS) is 24.9. The molecule has 3 nitrogen and oxygen atoms in total. The molecule has 1 aliphatic heterocycles. The Kier molecular flexibility index (Phi) is 4.73. The van der Waals surface area contributed by atoms with Crippen LogP contribution in [-0.2, 0) is 4.79 Å². The van der Waals surface area contributed by atoms with Gasteiger partial charge in [-0.2, -0.15) is 0 Å². The molecule has 1 amide bonds. The average molecular weight is 292 g/mol. The Morgan fingerprint density at radius 2 is 2.10 bits per heavy atom. The van der Waals surface area contributed by atoms with E-state index in [2.05, 4.69) is 27.7 Å². The molecule has 1 aromatic heterocycles. The van der Waals surface area contributed by atoms with Gasteiger partial charge in [-0.1, -0.05) is 25.3 Å². The summed E-state index contributed by atoms with van der Waals surface area (Å²) < 4.78 is 0. The van der Waals surface area contributed by atoms with Crippen molar-refractivity contribution in [3.05, 3.63) is 22.4 Å². The second-order valence-electron chi connectivity index (χ2n) is 6.05. The molecule has 4 heteroatoms. The van der Waals surface area contributed by atoms with Crippen LogP contribution in [0, 0.1) is 0 Å². The lowest BCUT2D eigenvalue weighted by molar-refractivity contribution is -0.123. The molecule has 0 unspecified atom stereocenters. The predicted molar refractivity (Wildman–Crippen MR) is 82.9 cm³/mol. The van der Waals surface area contributed by atoms with Gasteiger partial charge in [-0.05, 0) is 43.7 Å². The van der Waals surface area contributed by atoms with Crippen LogP contribution in [0.5, 0.6) is 0 Å². The lowest BCUT2D eigenvalue weighted by Gasteiger charge is -2.26. The van der Waals surface area contributed by atoms with Crippen LogP contribution >= 0.6 is 11.3 Å². The van der Waals surface area contributed by atoms with Crippen LogP contribution in [0.2, 0.25) is 0 Å². The van der Waals surface area contributed by atoms with E-state index in [0.29, 0.717) is 18.6 Å². The third kappa shape index (κ3) is 3.41. The zero-order valence-electron chi connectivity index (χ0n) is 12.0. The van der Waals surface area contributed by atoms with E-state index in [1.807, 2.05) is 11.3 Å². The highest BCUT2D eigenvalue weighted by Gasteiger charge is 2.28. The monoisotopic (exact) mass is 292 g/mol. The maximum absolute atomic E-state index is 12.2. The standard InChI is InChI=1S/C16H24N2OS/c19-16(17-13-6-2-1-3-7-13)12-18-10-4-8-14(18)15-9-5-11-20-15/h5,9,11,13-14H,1-4,6-8,10,12H2,(H,17,19)/t14-/m0/s1. The number of rotatable bonds is 4. The van der Waals surface area contributed by atoms with Gasteiger partial charge in [-0.25, -0.2) is 0 Å². The minimum absolute atomic E-state index is 0.223. The first-order valence-corrected chi connectivity index (χ1v) is 8.78. The Bertz CT molecular complexity index is 426. The first kappa shape index (κ1) is 14.1. The number of thiophene rings is 1. The molecule has 3 rings (SSSR count). The van der Waals surface area contributed by atoms with E-state index in [4.69, 9.17) is 0 Å². The van der Waals surface area contributed by atoms with Crippen LogP contribution in [-0.4, -0.2) is 29.9 Å². The molecule has 1 atom stereocenters. The summed E-state index contributed by atoms with van der Waals surface area (Å²) in [4.78, 5) is 16.0. The van der Waals surface area contributed by atoms with Crippen molar-refractivity contribution < 1.29 is 4.79 Å². The number of carbonyl (C=O) groups is 1. The quantitative estimate of drug-likeness (QED) is 0.923. The third-order valence-corrected chi connectivity index (χ3v) is 5.53. The molecular weight excluding hydrogens is 268 g/mol. The van der Waals surface area contributed by atoms with E-state index in [1.54, 1.807) is 0 Å².